The van der Waals surface area contributed by atoms with Crippen molar-refractivity contribution in [2.45, 2.75) is 20.0 Å². The lowest BCUT2D eigenvalue weighted by Gasteiger charge is -2.34. The molecule has 7 heteroatoms. The van der Waals surface area contributed by atoms with Crippen molar-refractivity contribution in [3.63, 3.8) is 0 Å². The number of benzene rings is 1. The van der Waals surface area contributed by atoms with Crippen LogP contribution < -0.4 is 10.2 Å². The first-order valence-corrected chi connectivity index (χ1v) is 10.6. The second kappa shape index (κ2) is 10.5. The third-order valence-electron chi connectivity index (χ3n) is 5.07. The molecule has 0 aliphatic carbocycles. The molecule has 1 aliphatic rings. The number of likely N-dealkylation sites (N-methyl/N-ethyl adjacent to an activating group) is 1. The lowest BCUT2D eigenvalue weighted by Crippen LogP contribution is -2.45. The van der Waals surface area contributed by atoms with E-state index in [1.807, 2.05) is 37.5 Å². The predicted molar refractivity (Wildman–Crippen MR) is 122 cm³/mol. The van der Waals surface area contributed by atoms with E-state index in [0.29, 0.717) is 6.54 Å². The Morgan fingerprint density at radius 1 is 1.21 bits per heavy atom. The Morgan fingerprint density at radius 2 is 2.00 bits per heavy atom. The van der Waals surface area contributed by atoms with Gasteiger partial charge in [-0.1, -0.05) is 29.8 Å². The SMILES string of the molecule is CCNC(=NCc1cccnc1N1CCN(C)CC1)N(C)Cc1cccc(Cl)c1. The highest BCUT2D eigenvalue weighted by atomic mass is 35.5. The number of nitrogens with zero attached hydrogens (tertiary/aromatic N) is 5. The highest BCUT2D eigenvalue weighted by Crippen LogP contribution is 2.20. The molecule has 1 aromatic heterocycles. The summed E-state index contributed by atoms with van der Waals surface area (Å²) in [5.74, 6) is 1.93. The van der Waals surface area contributed by atoms with E-state index in [4.69, 9.17) is 16.6 Å². The molecule has 1 saturated heterocycles. The molecule has 0 saturated carbocycles. The summed E-state index contributed by atoms with van der Waals surface area (Å²) in [6.45, 7) is 8.36. The van der Waals surface area contributed by atoms with Crippen molar-refractivity contribution in [2.24, 2.45) is 4.99 Å². The van der Waals surface area contributed by atoms with Gasteiger partial charge in [-0.05, 0) is 37.7 Å². The van der Waals surface area contributed by atoms with Gasteiger partial charge in [0.05, 0.1) is 6.54 Å². The van der Waals surface area contributed by atoms with Gasteiger partial charge in [0.25, 0.3) is 0 Å². The number of nitrogens with one attached hydrogen (secondary N) is 1. The second-order valence-corrected chi connectivity index (χ2v) is 7.87. The summed E-state index contributed by atoms with van der Waals surface area (Å²) < 4.78 is 0. The zero-order valence-corrected chi connectivity index (χ0v) is 18.4. The maximum atomic E-state index is 6.13. The van der Waals surface area contributed by atoms with Gasteiger partial charge in [0, 0.05) is 63.1 Å². The standard InChI is InChI=1S/C22H31ClN6/c1-4-24-22(28(3)17-18-7-5-9-20(23)15-18)26-16-19-8-6-10-25-21(19)29-13-11-27(2)12-14-29/h5-10,15H,4,11-14,16-17H2,1-3H3,(H,24,26). The number of anilines is 1. The minimum atomic E-state index is 0.595. The van der Waals surface area contributed by atoms with E-state index in [9.17, 15) is 0 Å². The molecule has 0 bridgehead atoms. The fourth-order valence-corrected chi connectivity index (χ4v) is 3.68. The van der Waals surface area contributed by atoms with Crippen LogP contribution in [0.2, 0.25) is 5.02 Å². The average molecular weight is 415 g/mol. The van der Waals surface area contributed by atoms with E-state index in [1.165, 1.54) is 0 Å². The highest BCUT2D eigenvalue weighted by molar-refractivity contribution is 6.30. The fourth-order valence-electron chi connectivity index (χ4n) is 3.47. The third kappa shape index (κ3) is 6.08. The molecule has 0 radical (unpaired) electrons. The average Bonchev–Trinajstić information content (AvgIpc) is 2.72. The molecule has 1 aromatic carbocycles. The summed E-state index contributed by atoms with van der Waals surface area (Å²) in [5.41, 5.74) is 2.31. The van der Waals surface area contributed by atoms with Crippen molar-refractivity contribution in [2.75, 3.05) is 51.7 Å². The van der Waals surface area contributed by atoms with Crippen LogP contribution in [0.15, 0.2) is 47.6 Å². The van der Waals surface area contributed by atoms with Crippen LogP contribution in [0.25, 0.3) is 0 Å². The minimum Gasteiger partial charge on any atom is -0.357 e. The van der Waals surface area contributed by atoms with Crippen molar-refractivity contribution in [1.82, 2.24) is 20.1 Å². The smallest absolute Gasteiger partial charge is 0.194 e. The van der Waals surface area contributed by atoms with E-state index in [1.54, 1.807) is 0 Å². The van der Waals surface area contributed by atoms with Crippen molar-refractivity contribution in [3.05, 3.63) is 58.7 Å². The summed E-state index contributed by atoms with van der Waals surface area (Å²) in [7, 11) is 4.21. The molecule has 1 N–H and O–H groups in total. The zero-order valence-electron chi connectivity index (χ0n) is 17.6. The van der Waals surface area contributed by atoms with Crippen LogP contribution in [-0.4, -0.2) is 67.6 Å². The van der Waals surface area contributed by atoms with Gasteiger partial charge in [-0.2, -0.15) is 0 Å². The molecule has 29 heavy (non-hydrogen) atoms. The molecule has 6 nitrogen and oxygen atoms in total. The molecule has 1 aliphatic heterocycles. The van der Waals surface area contributed by atoms with E-state index in [-0.39, 0.29) is 0 Å². The number of guanidine groups is 1. The Bertz CT molecular complexity index is 816. The van der Waals surface area contributed by atoms with Crippen LogP contribution >= 0.6 is 11.6 Å². The molecule has 2 aromatic rings. The van der Waals surface area contributed by atoms with Gasteiger partial charge < -0.3 is 20.0 Å². The molecular formula is C22H31ClN6. The van der Waals surface area contributed by atoms with E-state index in [0.717, 1.165) is 67.2 Å². The van der Waals surface area contributed by atoms with E-state index >= 15 is 0 Å². The summed E-state index contributed by atoms with van der Waals surface area (Å²) >= 11 is 6.13. The van der Waals surface area contributed by atoms with E-state index in [2.05, 4.69) is 51.1 Å². The summed E-state index contributed by atoms with van der Waals surface area (Å²) in [6.07, 6.45) is 1.87. The predicted octanol–water partition coefficient (Wildman–Crippen LogP) is 3.08. The van der Waals surface area contributed by atoms with Crippen LogP contribution in [0.3, 0.4) is 0 Å². The molecule has 156 valence electrons. The van der Waals surface area contributed by atoms with Gasteiger partial charge in [0.2, 0.25) is 0 Å². The Labute approximate surface area is 179 Å². The molecule has 0 amide bonds. The monoisotopic (exact) mass is 414 g/mol. The number of rotatable bonds is 6. The summed E-state index contributed by atoms with van der Waals surface area (Å²) in [5, 5.41) is 4.15. The largest absolute Gasteiger partial charge is 0.357 e. The van der Waals surface area contributed by atoms with Gasteiger partial charge in [0.1, 0.15) is 5.82 Å². The highest BCUT2D eigenvalue weighted by Gasteiger charge is 2.18. The maximum absolute atomic E-state index is 6.13. The molecule has 0 unspecified atom stereocenters. The number of piperazine rings is 1. The number of pyridine rings is 1. The van der Waals surface area contributed by atoms with Gasteiger partial charge in [0.15, 0.2) is 5.96 Å². The fraction of sp³-hybridized carbons (Fsp3) is 0.455. The van der Waals surface area contributed by atoms with Crippen molar-refractivity contribution < 1.29 is 0 Å². The topological polar surface area (TPSA) is 47.0 Å². The Balaban J connectivity index is 1.73. The normalized spacial score (nSPS) is 15.4. The van der Waals surface area contributed by atoms with Gasteiger partial charge in [-0.25, -0.2) is 9.98 Å². The minimum absolute atomic E-state index is 0.595. The summed E-state index contributed by atoms with van der Waals surface area (Å²) in [4.78, 5) is 16.4. The first kappa shape index (κ1) is 21.4. The number of aromatic nitrogens is 1. The first-order chi connectivity index (χ1) is 14.1. The number of hydrogen-bond acceptors (Lipinski definition) is 4. The van der Waals surface area contributed by atoms with Crippen molar-refractivity contribution in [1.29, 1.82) is 0 Å². The zero-order chi connectivity index (χ0) is 20.6. The molecule has 1 fully saturated rings. The lowest BCUT2D eigenvalue weighted by molar-refractivity contribution is 0.312. The van der Waals surface area contributed by atoms with Crippen LogP contribution in [-0.2, 0) is 13.1 Å². The molecule has 0 atom stereocenters. The van der Waals surface area contributed by atoms with Crippen LogP contribution in [0.1, 0.15) is 18.1 Å². The number of hydrogen-bond donors (Lipinski definition) is 1. The Morgan fingerprint density at radius 3 is 2.72 bits per heavy atom. The quantitative estimate of drug-likeness (QED) is 0.581. The van der Waals surface area contributed by atoms with Gasteiger partial charge >= 0.3 is 0 Å². The maximum Gasteiger partial charge on any atom is 0.194 e. The molecule has 0 spiro atoms. The number of aliphatic imine (C=N–C) groups is 1. The van der Waals surface area contributed by atoms with Crippen LogP contribution in [0, 0.1) is 0 Å². The van der Waals surface area contributed by atoms with Gasteiger partial charge in [-0.3, -0.25) is 0 Å². The van der Waals surface area contributed by atoms with E-state index < -0.39 is 0 Å². The van der Waals surface area contributed by atoms with Crippen molar-refractivity contribution in [3.8, 4) is 0 Å². The Hall–Kier alpha value is -2.31. The lowest BCUT2D eigenvalue weighted by atomic mass is 10.2. The third-order valence-corrected chi connectivity index (χ3v) is 5.31. The Kier molecular flexibility index (Phi) is 7.72. The molecule has 3 rings (SSSR count). The van der Waals surface area contributed by atoms with Gasteiger partial charge in [-0.15, -0.1) is 0 Å². The summed E-state index contributed by atoms with van der Waals surface area (Å²) in [6, 6.07) is 12.1. The molecular weight excluding hydrogens is 384 g/mol. The first-order valence-electron chi connectivity index (χ1n) is 10.2. The van der Waals surface area contributed by atoms with Crippen LogP contribution in [0.5, 0.6) is 0 Å². The molecule has 2 heterocycles. The number of halogens is 1. The second-order valence-electron chi connectivity index (χ2n) is 7.43. The van der Waals surface area contributed by atoms with Crippen molar-refractivity contribution >= 4 is 23.4 Å². The van der Waals surface area contributed by atoms with Crippen LogP contribution in [0.4, 0.5) is 5.82 Å².